The molecule has 132 valence electrons. The molecule has 0 unspecified atom stereocenters. The number of benzene rings is 2. The van der Waals surface area contributed by atoms with E-state index >= 15 is 0 Å². The van der Waals surface area contributed by atoms with Gasteiger partial charge >= 0.3 is 0 Å². The van der Waals surface area contributed by atoms with Crippen molar-refractivity contribution in [3.63, 3.8) is 0 Å². The van der Waals surface area contributed by atoms with E-state index in [1.807, 2.05) is 44.2 Å². The number of hydrogen-bond acceptors (Lipinski definition) is 2. The van der Waals surface area contributed by atoms with Crippen LogP contribution < -0.4 is 10.9 Å². The number of hydrogen-bond donors (Lipinski definition) is 2. The van der Waals surface area contributed by atoms with E-state index in [0.717, 1.165) is 16.7 Å². The molecule has 0 heterocycles. The molecule has 25 heavy (non-hydrogen) atoms. The fourth-order valence-corrected chi connectivity index (χ4v) is 2.46. The molecule has 2 aromatic carbocycles. The maximum Gasteiger partial charge on any atom is 0.269 e. The van der Waals surface area contributed by atoms with Gasteiger partial charge in [0.05, 0.1) is 6.42 Å². The Bertz CT molecular complexity index is 771. The van der Waals surface area contributed by atoms with Gasteiger partial charge in [-0.1, -0.05) is 51.1 Å². The van der Waals surface area contributed by atoms with Gasteiger partial charge in [-0.3, -0.25) is 20.4 Å². The van der Waals surface area contributed by atoms with Crippen LogP contribution in [0, 0.1) is 13.8 Å². The highest BCUT2D eigenvalue weighted by molar-refractivity contribution is 5.95. The first-order valence-electron chi connectivity index (χ1n) is 8.42. The summed E-state index contributed by atoms with van der Waals surface area (Å²) in [4.78, 5) is 24.1. The van der Waals surface area contributed by atoms with Crippen LogP contribution in [0.25, 0.3) is 0 Å². The monoisotopic (exact) mass is 338 g/mol. The van der Waals surface area contributed by atoms with E-state index in [0.29, 0.717) is 5.56 Å². The maximum atomic E-state index is 12.1. The Labute approximate surface area is 149 Å². The van der Waals surface area contributed by atoms with Gasteiger partial charge in [0.1, 0.15) is 0 Å². The van der Waals surface area contributed by atoms with Crippen molar-refractivity contribution in [1.29, 1.82) is 0 Å². The highest BCUT2D eigenvalue weighted by atomic mass is 16.2. The van der Waals surface area contributed by atoms with Crippen molar-refractivity contribution in [1.82, 2.24) is 10.9 Å². The average Bonchev–Trinajstić information content (AvgIpc) is 2.55. The van der Waals surface area contributed by atoms with Crippen molar-refractivity contribution in [3.05, 3.63) is 70.3 Å². The van der Waals surface area contributed by atoms with Crippen molar-refractivity contribution in [2.24, 2.45) is 0 Å². The van der Waals surface area contributed by atoms with E-state index in [9.17, 15) is 9.59 Å². The van der Waals surface area contributed by atoms with Crippen molar-refractivity contribution in [2.45, 2.75) is 46.5 Å². The SMILES string of the molecule is Cc1ccc(CC(=O)NNC(=O)c2ccc(C(C)(C)C)cc2)cc1C. The molecule has 2 rings (SSSR count). The van der Waals surface area contributed by atoms with E-state index in [2.05, 4.69) is 31.6 Å². The second kappa shape index (κ2) is 7.51. The molecular weight excluding hydrogens is 312 g/mol. The molecule has 0 bridgehead atoms. The molecule has 0 aliphatic carbocycles. The number of amides is 2. The zero-order valence-corrected chi connectivity index (χ0v) is 15.6. The van der Waals surface area contributed by atoms with Crippen LogP contribution in [0.4, 0.5) is 0 Å². The van der Waals surface area contributed by atoms with Crippen molar-refractivity contribution >= 4 is 11.8 Å². The molecule has 0 aromatic heterocycles. The molecule has 0 radical (unpaired) electrons. The number of carbonyl (C=O) groups is 2. The van der Waals surface area contributed by atoms with E-state index < -0.39 is 0 Å². The summed E-state index contributed by atoms with van der Waals surface area (Å²) in [7, 11) is 0. The Balaban J connectivity index is 1.90. The predicted octanol–water partition coefficient (Wildman–Crippen LogP) is 3.60. The molecule has 2 aromatic rings. The minimum atomic E-state index is -0.325. The van der Waals surface area contributed by atoms with Gasteiger partial charge in [0.2, 0.25) is 5.91 Å². The fourth-order valence-electron chi connectivity index (χ4n) is 2.46. The topological polar surface area (TPSA) is 58.2 Å². The summed E-state index contributed by atoms with van der Waals surface area (Å²) < 4.78 is 0. The number of rotatable bonds is 3. The third-order valence-corrected chi connectivity index (χ3v) is 4.26. The molecular formula is C21H26N2O2. The van der Waals surface area contributed by atoms with Crippen molar-refractivity contribution < 1.29 is 9.59 Å². The van der Waals surface area contributed by atoms with Gasteiger partial charge in [-0.25, -0.2) is 0 Å². The van der Waals surface area contributed by atoms with Crippen LogP contribution in [-0.2, 0) is 16.6 Å². The summed E-state index contributed by atoms with van der Waals surface area (Å²) in [6, 6.07) is 13.3. The van der Waals surface area contributed by atoms with Crippen LogP contribution in [0.3, 0.4) is 0 Å². The van der Waals surface area contributed by atoms with Gasteiger partial charge in [-0.2, -0.15) is 0 Å². The first-order chi connectivity index (χ1) is 11.7. The van der Waals surface area contributed by atoms with Gasteiger partial charge in [0, 0.05) is 5.56 Å². The zero-order chi connectivity index (χ0) is 18.6. The lowest BCUT2D eigenvalue weighted by atomic mass is 9.87. The van der Waals surface area contributed by atoms with Gasteiger partial charge < -0.3 is 0 Å². The van der Waals surface area contributed by atoms with Crippen LogP contribution in [0.1, 0.15) is 53.4 Å². The second-order valence-corrected chi connectivity index (χ2v) is 7.43. The molecule has 0 spiro atoms. The summed E-state index contributed by atoms with van der Waals surface area (Å²) in [5.74, 6) is -0.572. The summed E-state index contributed by atoms with van der Waals surface area (Å²) >= 11 is 0. The van der Waals surface area contributed by atoms with Gasteiger partial charge in [0.25, 0.3) is 5.91 Å². The number of hydrazine groups is 1. The first-order valence-corrected chi connectivity index (χ1v) is 8.42. The normalized spacial score (nSPS) is 11.1. The lowest BCUT2D eigenvalue weighted by molar-refractivity contribution is -0.121. The molecule has 0 fully saturated rings. The smallest absolute Gasteiger partial charge is 0.269 e. The standard InChI is InChI=1S/C21H26N2O2/c1-14-6-7-16(12-15(14)2)13-19(24)22-23-20(25)17-8-10-18(11-9-17)21(3,4)5/h6-12H,13H2,1-5H3,(H,22,24)(H,23,25). The van der Waals surface area contributed by atoms with E-state index in [1.165, 1.54) is 5.56 Å². The highest BCUT2D eigenvalue weighted by Gasteiger charge is 2.14. The second-order valence-electron chi connectivity index (χ2n) is 7.43. The Morgan fingerprint density at radius 3 is 2.08 bits per heavy atom. The molecule has 0 atom stereocenters. The van der Waals surface area contributed by atoms with Gasteiger partial charge in [0.15, 0.2) is 0 Å². The number of nitrogens with one attached hydrogen (secondary N) is 2. The van der Waals surface area contributed by atoms with Crippen LogP contribution in [-0.4, -0.2) is 11.8 Å². The fraction of sp³-hybridized carbons (Fsp3) is 0.333. The molecule has 0 aliphatic heterocycles. The molecule has 0 aliphatic rings. The summed E-state index contributed by atoms with van der Waals surface area (Å²) in [6.07, 6.45) is 0.227. The van der Waals surface area contributed by atoms with Crippen LogP contribution in [0.2, 0.25) is 0 Å². The van der Waals surface area contributed by atoms with Gasteiger partial charge in [-0.05, 0) is 53.6 Å². The molecule has 0 saturated carbocycles. The molecule has 4 nitrogen and oxygen atoms in total. The minimum Gasteiger partial charge on any atom is -0.273 e. The molecule has 0 saturated heterocycles. The maximum absolute atomic E-state index is 12.1. The lowest BCUT2D eigenvalue weighted by Gasteiger charge is -2.19. The van der Waals surface area contributed by atoms with E-state index in [4.69, 9.17) is 0 Å². The van der Waals surface area contributed by atoms with E-state index in [1.54, 1.807) is 12.1 Å². The molecule has 4 heteroatoms. The summed E-state index contributed by atoms with van der Waals surface area (Å²) in [6.45, 7) is 10.4. The summed E-state index contributed by atoms with van der Waals surface area (Å²) in [5, 5.41) is 0. The third-order valence-electron chi connectivity index (χ3n) is 4.26. The molecule has 2 N–H and O–H groups in total. The largest absolute Gasteiger partial charge is 0.273 e. The zero-order valence-electron chi connectivity index (χ0n) is 15.6. The summed E-state index contributed by atoms with van der Waals surface area (Å²) in [5.41, 5.74) is 9.90. The van der Waals surface area contributed by atoms with Crippen LogP contribution in [0.5, 0.6) is 0 Å². The Kier molecular flexibility index (Phi) is 5.62. The Morgan fingerprint density at radius 1 is 0.880 bits per heavy atom. The van der Waals surface area contributed by atoms with Crippen molar-refractivity contribution in [3.8, 4) is 0 Å². The van der Waals surface area contributed by atoms with E-state index in [-0.39, 0.29) is 23.7 Å². The quantitative estimate of drug-likeness (QED) is 0.840. The number of carbonyl (C=O) groups excluding carboxylic acids is 2. The van der Waals surface area contributed by atoms with Crippen molar-refractivity contribution in [2.75, 3.05) is 0 Å². The van der Waals surface area contributed by atoms with Crippen LogP contribution >= 0.6 is 0 Å². The number of aryl methyl sites for hydroxylation is 2. The molecule has 2 amide bonds. The predicted molar refractivity (Wildman–Crippen MR) is 100 cm³/mol. The third kappa shape index (κ3) is 5.18. The lowest BCUT2D eigenvalue weighted by Crippen LogP contribution is -2.42. The average molecular weight is 338 g/mol. The van der Waals surface area contributed by atoms with Crippen LogP contribution in [0.15, 0.2) is 42.5 Å². The minimum absolute atomic E-state index is 0.0371. The first kappa shape index (κ1) is 18.7. The highest BCUT2D eigenvalue weighted by Crippen LogP contribution is 2.22. The van der Waals surface area contributed by atoms with Gasteiger partial charge in [-0.15, -0.1) is 0 Å². The Hall–Kier alpha value is -2.62. The Morgan fingerprint density at radius 2 is 1.52 bits per heavy atom.